The third-order valence-electron chi connectivity index (χ3n) is 3.16. The zero-order valence-electron chi connectivity index (χ0n) is 13.4. The topological polar surface area (TPSA) is 108 Å². The largest absolute Gasteiger partial charge is 0.376 e. The molecular formula is C16H17N5O3S. The molecule has 25 heavy (non-hydrogen) atoms. The summed E-state index contributed by atoms with van der Waals surface area (Å²) in [5.41, 5.74) is 7.54. The minimum Gasteiger partial charge on any atom is -0.376 e. The number of hydrazine groups is 1. The molecule has 0 radical (unpaired) electrons. The molecule has 1 amide bonds. The van der Waals surface area contributed by atoms with E-state index in [2.05, 4.69) is 21.5 Å². The second kappa shape index (κ2) is 8.60. The van der Waals surface area contributed by atoms with Crippen LogP contribution in [0.3, 0.4) is 0 Å². The van der Waals surface area contributed by atoms with E-state index < -0.39 is 4.92 Å². The first-order valence-corrected chi connectivity index (χ1v) is 7.76. The van der Waals surface area contributed by atoms with Gasteiger partial charge in [0.05, 0.1) is 11.5 Å². The van der Waals surface area contributed by atoms with Crippen molar-refractivity contribution in [3.8, 4) is 0 Å². The molecule has 2 aromatic rings. The number of anilines is 2. The van der Waals surface area contributed by atoms with Crippen LogP contribution in [0.25, 0.3) is 0 Å². The highest BCUT2D eigenvalue weighted by Crippen LogP contribution is 2.15. The van der Waals surface area contributed by atoms with E-state index in [9.17, 15) is 14.9 Å². The highest BCUT2D eigenvalue weighted by atomic mass is 32.1. The number of amides is 1. The summed E-state index contributed by atoms with van der Waals surface area (Å²) in [7, 11) is 0. The van der Waals surface area contributed by atoms with Crippen LogP contribution in [0.5, 0.6) is 0 Å². The SMILES string of the molecule is Cc1ccc(NCC(=O)NNC(=S)Nc2ccc([N+](=O)[O-])cc2)cc1. The Kier molecular flexibility index (Phi) is 6.24. The quantitative estimate of drug-likeness (QED) is 0.369. The number of aryl methyl sites for hydroxylation is 1. The van der Waals surface area contributed by atoms with Gasteiger partial charge in [-0.05, 0) is 43.4 Å². The molecule has 2 rings (SSSR count). The molecule has 0 heterocycles. The van der Waals surface area contributed by atoms with Gasteiger partial charge < -0.3 is 10.6 Å². The van der Waals surface area contributed by atoms with Crippen molar-refractivity contribution >= 4 is 40.3 Å². The summed E-state index contributed by atoms with van der Waals surface area (Å²) in [5.74, 6) is -0.298. The number of benzene rings is 2. The molecule has 0 aliphatic heterocycles. The van der Waals surface area contributed by atoms with E-state index in [1.54, 1.807) is 0 Å². The number of hydrogen-bond donors (Lipinski definition) is 4. The summed E-state index contributed by atoms with van der Waals surface area (Å²) in [5, 5.41) is 16.5. The van der Waals surface area contributed by atoms with Crippen molar-refractivity contribution in [3.63, 3.8) is 0 Å². The summed E-state index contributed by atoms with van der Waals surface area (Å²) in [6, 6.07) is 13.4. The number of carbonyl (C=O) groups excluding carboxylic acids is 1. The zero-order valence-corrected chi connectivity index (χ0v) is 14.2. The van der Waals surface area contributed by atoms with Crippen LogP contribution in [0, 0.1) is 17.0 Å². The number of non-ortho nitro benzene ring substituents is 1. The van der Waals surface area contributed by atoms with Crippen molar-refractivity contribution in [2.45, 2.75) is 6.92 Å². The number of carbonyl (C=O) groups is 1. The summed E-state index contributed by atoms with van der Waals surface area (Å²) in [6.07, 6.45) is 0. The summed E-state index contributed by atoms with van der Waals surface area (Å²) in [6.45, 7) is 2.06. The predicted molar refractivity (Wildman–Crippen MR) is 100 cm³/mol. The predicted octanol–water partition coefficient (Wildman–Crippen LogP) is 2.33. The van der Waals surface area contributed by atoms with Crippen LogP contribution >= 0.6 is 12.2 Å². The average Bonchev–Trinajstić information content (AvgIpc) is 2.60. The maximum atomic E-state index is 11.8. The second-order valence-electron chi connectivity index (χ2n) is 5.15. The first-order valence-electron chi connectivity index (χ1n) is 7.35. The van der Waals surface area contributed by atoms with Crippen LogP contribution in [0.4, 0.5) is 17.1 Å². The molecule has 9 heteroatoms. The lowest BCUT2D eigenvalue weighted by Crippen LogP contribution is -2.45. The number of thiocarbonyl (C=S) groups is 1. The van der Waals surface area contributed by atoms with Gasteiger partial charge in [0.25, 0.3) is 11.6 Å². The fourth-order valence-electron chi connectivity index (χ4n) is 1.85. The van der Waals surface area contributed by atoms with E-state index in [0.717, 1.165) is 11.3 Å². The van der Waals surface area contributed by atoms with Crippen molar-refractivity contribution in [1.29, 1.82) is 0 Å². The molecule has 0 aromatic heterocycles. The molecule has 2 aromatic carbocycles. The van der Waals surface area contributed by atoms with Crippen molar-refractivity contribution in [2.24, 2.45) is 0 Å². The van der Waals surface area contributed by atoms with Crippen molar-refractivity contribution in [2.75, 3.05) is 17.2 Å². The molecule has 0 aliphatic rings. The molecular weight excluding hydrogens is 342 g/mol. The summed E-state index contributed by atoms with van der Waals surface area (Å²) >= 11 is 5.04. The minimum atomic E-state index is -0.485. The van der Waals surface area contributed by atoms with Crippen LogP contribution in [-0.4, -0.2) is 22.5 Å². The zero-order chi connectivity index (χ0) is 18.2. The number of rotatable bonds is 5. The fraction of sp³-hybridized carbons (Fsp3) is 0.125. The standard InChI is InChI=1S/C16H17N5O3S/c1-11-2-4-12(5-3-11)17-10-15(22)19-20-16(25)18-13-6-8-14(9-7-13)21(23)24/h2-9,17H,10H2,1H3,(H,19,22)(H2,18,20,25). The normalized spacial score (nSPS) is 9.80. The fourth-order valence-corrected chi connectivity index (χ4v) is 2.02. The molecule has 0 atom stereocenters. The smallest absolute Gasteiger partial charge is 0.269 e. The van der Waals surface area contributed by atoms with E-state index in [1.165, 1.54) is 24.3 Å². The molecule has 0 fully saturated rings. The van der Waals surface area contributed by atoms with Crippen molar-refractivity contribution in [3.05, 3.63) is 64.2 Å². The Morgan fingerprint density at radius 2 is 1.64 bits per heavy atom. The van der Waals surface area contributed by atoms with E-state index in [-0.39, 0.29) is 23.3 Å². The number of nitro benzene ring substituents is 1. The Hall–Kier alpha value is -3.20. The Morgan fingerprint density at radius 1 is 1.04 bits per heavy atom. The molecule has 4 N–H and O–H groups in total. The molecule has 0 unspecified atom stereocenters. The van der Waals surface area contributed by atoms with Crippen LogP contribution < -0.4 is 21.5 Å². The average molecular weight is 359 g/mol. The lowest BCUT2D eigenvalue weighted by molar-refractivity contribution is -0.384. The van der Waals surface area contributed by atoms with Gasteiger partial charge in [-0.1, -0.05) is 17.7 Å². The van der Waals surface area contributed by atoms with Gasteiger partial charge in [0.15, 0.2) is 5.11 Å². The molecule has 0 aliphatic carbocycles. The lowest BCUT2D eigenvalue weighted by Gasteiger charge is -2.12. The molecule has 8 nitrogen and oxygen atoms in total. The first kappa shape index (κ1) is 18.1. The van der Waals surface area contributed by atoms with E-state index >= 15 is 0 Å². The highest BCUT2D eigenvalue weighted by molar-refractivity contribution is 7.80. The van der Waals surface area contributed by atoms with Gasteiger partial charge in [-0.3, -0.25) is 25.8 Å². The molecule has 0 saturated heterocycles. The van der Waals surface area contributed by atoms with Crippen LogP contribution in [0.2, 0.25) is 0 Å². The van der Waals surface area contributed by atoms with Crippen LogP contribution in [0.15, 0.2) is 48.5 Å². The molecule has 0 spiro atoms. The first-order chi connectivity index (χ1) is 11.9. The van der Waals surface area contributed by atoms with Gasteiger partial charge in [0.1, 0.15) is 0 Å². The molecule has 0 bridgehead atoms. The number of hydrogen-bond acceptors (Lipinski definition) is 5. The summed E-state index contributed by atoms with van der Waals surface area (Å²) < 4.78 is 0. The number of nitrogens with one attached hydrogen (secondary N) is 4. The van der Waals surface area contributed by atoms with Gasteiger partial charge in [-0.25, -0.2) is 0 Å². The van der Waals surface area contributed by atoms with Gasteiger partial charge in [0.2, 0.25) is 0 Å². The lowest BCUT2D eigenvalue weighted by atomic mass is 10.2. The minimum absolute atomic E-state index is 0.0140. The number of nitrogens with zero attached hydrogens (tertiary/aromatic N) is 1. The monoisotopic (exact) mass is 359 g/mol. The van der Waals surface area contributed by atoms with Crippen LogP contribution in [-0.2, 0) is 4.79 Å². The second-order valence-corrected chi connectivity index (χ2v) is 5.56. The van der Waals surface area contributed by atoms with Gasteiger partial charge >= 0.3 is 0 Å². The Bertz CT molecular complexity index is 762. The van der Waals surface area contributed by atoms with E-state index in [4.69, 9.17) is 12.2 Å². The van der Waals surface area contributed by atoms with Gasteiger partial charge in [-0.15, -0.1) is 0 Å². The Labute approximate surface area is 149 Å². The van der Waals surface area contributed by atoms with Crippen LogP contribution in [0.1, 0.15) is 5.56 Å². The highest BCUT2D eigenvalue weighted by Gasteiger charge is 2.05. The number of nitro groups is 1. The maximum Gasteiger partial charge on any atom is 0.269 e. The molecule has 0 saturated carbocycles. The van der Waals surface area contributed by atoms with Gasteiger partial charge in [-0.2, -0.15) is 0 Å². The van der Waals surface area contributed by atoms with Crippen molar-refractivity contribution in [1.82, 2.24) is 10.9 Å². The maximum absolute atomic E-state index is 11.8. The third-order valence-corrected chi connectivity index (χ3v) is 3.36. The molecule has 130 valence electrons. The summed E-state index contributed by atoms with van der Waals surface area (Å²) in [4.78, 5) is 21.9. The van der Waals surface area contributed by atoms with E-state index in [0.29, 0.717) is 5.69 Å². The Balaban J connectivity index is 1.72. The Morgan fingerprint density at radius 3 is 2.24 bits per heavy atom. The third kappa shape index (κ3) is 6.07. The van der Waals surface area contributed by atoms with Gasteiger partial charge in [0, 0.05) is 23.5 Å². The van der Waals surface area contributed by atoms with E-state index in [1.807, 2.05) is 31.2 Å². The van der Waals surface area contributed by atoms with Crippen molar-refractivity contribution < 1.29 is 9.72 Å².